The molecular formula is C11H22N2O4S3. The molecule has 2 saturated heterocycles. The van der Waals surface area contributed by atoms with E-state index < -0.39 is 30.6 Å². The average molecular weight is 343 g/mol. The molecule has 2 unspecified atom stereocenters. The molecule has 0 aliphatic carbocycles. The van der Waals surface area contributed by atoms with E-state index >= 15 is 0 Å². The molecule has 20 heavy (non-hydrogen) atoms. The van der Waals surface area contributed by atoms with E-state index in [0.717, 1.165) is 5.75 Å². The van der Waals surface area contributed by atoms with Crippen molar-refractivity contribution in [3.63, 3.8) is 0 Å². The molecule has 2 atom stereocenters. The number of nitrogens with zero attached hydrogens (tertiary/aromatic N) is 1. The lowest BCUT2D eigenvalue weighted by Gasteiger charge is -2.50. The van der Waals surface area contributed by atoms with Crippen molar-refractivity contribution in [3.05, 3.63) is 0 Å². The topological polar surface area (TPSA) is 97.5 Å². The van der Waals surface area contributed by atoms with Crippen LogP contribution in [0, 0.1) is 0 Å². The predicted octanol–water partition coefficient (Wildman–Crippen LogP) is -0.688. The highest BCUT2D eigenvalue weighted by Crippen LogP contribution is 2.34. The van der Waals surface area contributed by atoms with Crippen LogP contribution in [0.25, 0.3) is 0 Å². The second-order valence-electron chi connectivity index (χ2n) is 5.68. The summed E-state index contributed by atoms with van der Waals surface area (Å²) in [7, 11) is -6.40. The lowest BCUT2D eigenvalue weighted by Crippen LogP contribution is -2.66. The number of sulfone groups is 2. The number of hydrogen-bond donors (Lipinski definition) is 1. The van der Waals surface area contributed by atoms with Crippen molar-refractivity contribution >= 4 is 31.4 Å². The molecule has 0 aromatic carbocycles. The summed E-state index contributed by atoms with van der Waals surface area (Å²) < 4.78 is 48.0. The highest BCUT2D eigenvalue weighted by molar-refractivity contribution is 8.00. The summed E-state index contributed by atoms with van der Waals surface area (Å²) in [6.07, 6.45) is 2.43. The first kappa shape index (κ1) is 16.5. The quantitative estimate of drug-likeness (QED) is 0.725. The van der Waals surface area contributed by atoms with Crippen LogP contribution >= 0.6 is 11.8 Å². The van der Waals surface area contributed by atoms with Crippen molar-refractivity contribution in [2.75, 3.05) is 42.4 Å². The summed E-state index contributed by atoms with van der Waals surface area (Å²) in [4.78, 5) is 1.86. The Morgan fingerprint density at radius 3 is 2.70 bits per heavy atom. The van der Waals surface area contributed by atoms with Crippen molar-refractivity contribution < 1.29 is 16.8 Å². The Kier molecular flexibility index (Phi) is 4.76. The van der Waals surface area contributed by atoms with E-state index in [0.29, 0.717) is 25.1 Å². The van der Waals surface area contributed by atoms with Crippen LogP contribution < -0.4 is 5.73 Å². The van der Waals surface area contributed by atoms with E-state index in [2.05, 4.69) is 0 Å². The summed E-state index contributed by atoms with van der Waals surface area (Å²) >= 11 is 1.60. The van der Waals surface area contributed by atoms with E-state index in [1.165, 1.54) is 6.26 Å². The minimum absolute atomic E-state index is 0.0206. The Morgan fingerprint density at radius 2 is 2.15 bits per heavy atom. The van der Waals surface area contributed by atoms with Gasteiger partial charge in [-0.05, 0) is 12.8 Å². The molecule has 2 N–H and O–H groups in total. The minimum Gasteiger partial charge on any atom is -0.329 e. The predicted molar refractivity (Wildman–Crippen MR) is 82.3 cm³/mol. The maximum atomic E-state index is 12.0. The molecule has 2 fully saturated rings. The maximum absolute atomic E-state index is 12.0. The maximum Gasteiger partial charge on any atom is 0.164 e. The molecule has 0 bridgehead atoms. The third-order valence-corrected chi connectivity index (χ3v) is 8.69. The van der Waals surface area contributed by atoms with Gasteiger partial charge in [0.05, 0.1) is 11.5 Å². The highest BCUT2D eigenvalue weighted by Gasteiger charge is 2.48. The first-order valence-electron chi connectivity index (χ1n) is 6.64. The van der Waals surface area contributed by atoms with Crippen molar-refractivity contribution in [2.45, 2.75) is 23.8 Å². The minimum atomic E-state index is -3.26. The van der Waals surface area contributed by atoms with Gasteiger partial charge in [0.15, 0.2) is 19.7 Å². The van der Waals surface area contributed by atoms with E-state index in [-0.39, 0.29) is 18.1 Å². The van der Waals surface area contributed by atoms with Gasteiger partial charge in [-0.1, -0.05) is 0 Å². The standard InChI is InChI=1S/C11H22N2O4S3/c1-19(14,15)10-7-18-5-4-13(10)11(8-12)3-2-6-20(16,17)9-11/h10H,2-9,12H2,1H3. The summed E-state index contributed by atoms with van der Waals surface area (Å²) in [5, 5.41) is -0.627. The van der Waals surface area contributed by atoms with Crippen LogP contribution in [-0.2, 0) is 19.7 Å². The van der Waals surface area contributed by atoms with Gasteiger partial charge >= 0.3 is 0 Å². The third kappa shape index (κ3) is 3.32. The van der Waals surface area contributed by atoms with Gasteiger partial charge < -0.3 is 5.73 Å². The molecule has 2 aliphatic heterocycles. The molecule has 118 valence electrons. The molecule has 2 aliphatic rings. The van der Waals surface area contributed by atoms with Gasteiger partial charge in [-0.2, -0.15) is 11.8 Å². The number of rotatable bonds is 3. The van der Waals surface area contributed by atoms with Gasteiger partial charge in [0, 0.05) is 36.4 Å². The molecule has 2 rings (SSSR count). The summed E-state index contributed by atoms with van der Waals surface area (Å²) in [6.45, 7) is 0.762. The average Bonchev–Trinajstić information content (AvgIpc) is 2.36. The van der Waals surface area contributed by atoms with Crippen LogP contribution in [0.2, 0.25) is 0 Å². The van der Waals surface area contributed by atoms with Crippen molar-refractivity contribution in [3.8, 4) is 0 Å². The molecule has 2 heterocycles. The van der Waals surface area contributed by atoms with Crippen molar-refractivity contribution in [1.29, 1.82) is 0 Å². The Bertz CT molecular complexity index is 560. The molecule has 0 radical (unpaired) electrons. The first-order valence-corrected chi connectivity index (χ1v) is 11.6. The highest BCUT2D eigenvalue weighted by atomic mass is 32.2. The fraction of sp³-hybridized carbons (Fsp3) is 1.00. The Morgan fingerprint density at radius 1 is 1.45 bits per heavy atom. The lowest BCUT2D eigenvalue weighted by molar-refractivity contribution is 0.0955. The van der Waals surface area contributed by atoms with Crippen LogP contribution in [0.3, 0.4) is 0 Å². The van der Waals surface area contributed by atoms with Crippen LogP contribution in [0.5, 0.6) is 0 Å². The molecule has 0 amide bonds. The fourth-order valence-electron chi connectivity index (χ4n) is 3.16. The van der Waals surface area contributed by atoms with Gasteiger partial charge in [0.1, 0.15) is 5.37 Å². The van der Waals surface area contributed by atoms with Gasteiger partial charge in [0.2, 0.25) is 0 Å². The fourth-order valence-corrected chi connectivity index (χ4v) is 8.08. The van der Waals surface area contributed by atoms with Gasteiger partial charge in [-0.15, -0.1) is 0 Å². The summed E-state index contributed by atoms with van der Waals surface area (Å²) in [6, 6.07) is 0. The smallest absolute Gasteiger partial charge is 0.164 e. The van der Waals surface area contributed by atoms with Crippen molar-refractivity contribution in [1.82, 2.24) is 4.90 Å². The first-order chi connectivity index (χ1) is 9.20. The largest absolute Gasteiger partial charge is 0.329 e. The molecule has 0 spiro atoms. The van der Waals surface area contributed by atoms with E-state index in [1.807, 2.05) is 4.90 Å². The zero-order valence-electron chi connectivity index (χ0n) is 11.6. The number of thioether (sulfide) groups is 1. The van der Waals surface area contributed by atoms with Crippen molar-refractivity contribution in [2.24, 2.45) is 5.73 Å². The van der Waals surface area contributed by atoms with Gasteiger partial charge in [-0.25, -0.2) is 16.8 Å². The third-order valence-electron chi connectivity index (χ3n) is 4.15. The second kappa shape index (κ2) is 5.75. The molecule has 9 heteroatoms. The molecule has 0 aromatic heterocycles. The zero-order valence-corrected chi connectivity index (χ0v) is 14.1. The van der Waals surface area contributed by atoms with E-state index in [4.69, 9.17) is 5.73 Å². The monoisotopic (exact) mass is 342 g/mol. The second-order valence-corrected chi connectivity index (χ2v) is 11.2. The normalized spacial score (nSPS) is 35.8. The van der Waals surface area contributed by atoms with E-state index in [1.54, 1.807) is 11.8 Å². The Balaban J connectivity index is 2.38. The molecular weight excluding hydrogens is 320 g/mol. The Hall–Kier alpha value is 0.170. The van der Waals surface area contributed by atoms with Crippen LogP contribution in [-0.4, -0.2) is 75.0 Å². The molecule has 6 nitrogen and oxygen atoms in total. The summed E-state index contributed by atoms with van der Waals surface area (Å²) in [5.74, 6) is 1.46. The van der Waals surface area contributed by atoms with Gasteiger partial charge in [-0.3, -0.25) is 4.90 Å². The zero-order chi connectivity index (χ0) is 15.0. The lowest BCUT2D eigenvalue weighted by atomic mass is 9.93. The number of nitrogens with two attached hydrogens (primary N) is 1. The molecule has 0 aromatic rings. The summed E-state index contributed by atoms with van der Waals surface area (Å²) in [5.41, 5.74) is 5.17. The van der Waals surface area contributed by atoms with E-state index in [9.17, 15) is 16.8 Å². The Labute approximate surface area is 125 Å². The van der Waals surface area contributed by atoms with Crippen LogP contribution in [0.4, 0.5) is 0 Å². The van der Waals surface area contributed by atoms with Crippen LogP contribution in [0.15, 0.2) is 0 Å². The number of hydrogen-bond acceptors (Lipinski definition) is 7. The molecule has 0 saturated carbocycles. The van der Waals surface area contributed by atoms with Gasteiger partial charge in [0.25, 0.3) is 0 Å². The SMILES string of the molecule is CS(=O)(=O)C1CSCCN1C1(CN)CCCS(=O)(=O)C1. The van der Waals surface area contributed by atoms with Crippen LogP contribution in [0.1, 0.15) is 12.8 Å².